The minimum absolute atomic E-state index is 0. The summed E-state index contributed by atoms with van der Waals surface area (Å²) in [6, 6.07) is 0. The lowest BCUT2D eigenvalue weighted by Gasteiger charge is -2.35. The molecule has 1 aromatic rings. The average molecular weight is 296 g/mol. The summed E-state index contributed by atoms with van der Waals surface area (Å²) in [6.07, 6.45) is 1.99. The lowest BCUT2D eigenvalue weighted by Crippen LogP contribution is -2.54. The largest absolute Gasteiger partial charge is 0.424 e. The molecule has 0 atom stereocenters. The van der Waals surface area contributed by atoms with Gasteiger partial charge in [-0.15, -0.1) is 35.0 Å². The number of hydrogen-bond donors (Lipinski definition) is 1. The number of hydrogen-bond acceptors (Lipinski definition) is 5. The number of aromatic nitrogens is 2. The third-order valence-electron chi connectivity index (χ3n) is 3.56. The Kier molecular flexibility index (Phi) is 5.40. The summed E-state index contributed by atoms with van der Waals surface area (Å²) >= 11 is 0. The second-order valence-corrected chi connectivity index (χ2v) is 5.00. The normalized spacial score (nSPS) is 22.5. The van der Waals surface area contributed by atoms with Gasteiger partial charge in [0.05, 0.1) is 5.41 Å². The third-order valence-corrected chi connectivity index (χ3v) is 3.56. The molecular weight excluding hydrogens is 277 g/mol. The van der Waals surface area contributed by atoms with Crippen molar-refractivity contribution in [3.05, 3.63) is 11.8 Å². The summed E-state index contributed by atoms with van der Waals surface area (Å²) in [5, 5.41) is 11.6. The highest BCUT2D eigenvalue weighted by Crippen LogP contribution is 2.31. The zero-order valence-electron chi connectivity index (χ0n) is 10.3. The predicted molar refractivity (Wildman–Crippen MR) is 71.8 cm³/mol. The second kappa shape index (κ2) is 6.19. The van der Waals surface area contributed by atoms with Crippen LogP contribution in [0.2, 0.25) is 0 Å². The molecular formula is C11H19Cl2N3O2. The molecule has 7 heteroatoms. The van der Waals surface area contributed by atoms with Gasteiger partial charge in [0.25, 0.3) is 0 Å². The van der Waals surface area contributed by atoms with Crippen LogP contribution in [-0.2, 0) is 10.2 Å². The van der Waals surface area contributed by atoms with Crippen molar-refractivity contribution >= 4 is 24.8 Å². The monoisotopic (exact) mass is 295 g/mol. The van der Waals surface area contributed by atoms with Crippen molar-refractivity contribution in [2.75, 3.05) is 26.3 Å². The first-order chi connectivity index (χ1) is 7.78. The lowest BCUT2D eigenvalue weighted by atomic mass is 9.84. The minimum atomic E-state index is 0. The Morgan fingerprint density at radius 2 is 1.83 bits per heavy atom. The number of ether oxygens (including phenoxy) is 1. The summed E-state index contributed by atoms with van der Waals surface area (Å²) in [4.78, 5) is 0. The van der Waals surface area contributed by atoms with Gasteiger partial charge in [-0.2, -0.15) is 0 Å². The van der Waals surface area contributed by atoms with Crippen LogP contribution in [0.25, 0.3) is 0 Å². The Bertz CT molecular complexity index is 376. The maximum absolute atomic E-state index is 5.81. The van der Waals surface area contributed by atoms with Crippen molar-refractivity contribution in [3.8, 4) is 0 Å². The Balaban J connectivity index is 0.000000810. The average Bonchev–Trinajstić information content (AvgIpc) is 2.77. The van der Waals surface area contributed by atoms with Gasteiger partial charge in [-0.25, -0.2) is 0 Å². The molecule has 5 nitrogen and oxygen atoms in total. The molecule has 2 aliphatic rings. The van der Waals surface area contributed by atoms with Crippen molar-refractivity contribution in [2.24, 2.45) is 0 Å². The van der Waals surface area contributed by atoms with Gasteiger partial charge in [0.15, 0.2) is 0 Å². The zero-order valence-corrected chi connectivity index (χ0v) is 12.0. The van der Waals surface area contributed by atoms with E-state index < -0.39 is 0 Å². The maximum Gasteiger partial charge on any atom is 0.224 e. The van der Waals surface area contributed by atoms with E-state index in [0.717, 1.165) is 50.9 Å². The van der Waals surface area contributed by atoms with Gasteiger partial charge in [-0.1, -0.05) is 0 Å². The van der Waals surface area contributed by atoms with E-state index in [1.165, 1.54) is 0 Å². The van der Waals surface area contributed by atoms with E-state index in [1.807, 2.05) is 0 Å². The van der Waals surface area contributed by atoms with Gasteiger partial charge in [0.1, 0.15) is 0 Å². The van der Waals surface area contributed by atoms with Crippen LogP contribution in [0.3, 0.4) is 0 Å². The zero-order chi connectivity index (χ0) is 11.0. The van der Waals surface area contributed by atoms with Crippen LogP contribution in [0.1, 0.15) is 37.5 Å². The molecule has 0 aromatic carbocycles. The van der Waals surface area contributed by atoms with Gasteiger partial charge in [0, 0.05) is 32.2 Å². The third kappa shape index (κ3) is 2.79. The van der Waals surface area contributed by atoms with Crippen LogP contribution < -0.4 is 5.32 Å². The maximum atomic E-state index is 5.81. The molecule has 1 N–H and O–H groups in total. The standard InChI is InChI=1S/C11H17N3O2.2ClH/c1-11(6-12-7-11)10-14-13-9(16-10)8-2-4-15-5-3-8;;/h8,12H,2-7H2,1H3;2*1H. The van der Waals surface area contributed by atoms with Gasteiger partial charge in [-0.05, 0) is 19.8 Å². The van der Waals surface area contributed by atoms with Crippen molar-refractivity contribution < 1.29 is 9.15 Å². The highest BCUT2D eigenvalue weighted by atomic mass is 35.5. The Labute approximate surface area is 119 Å². The summed E-state index contributed by atoms with van der Waals surface area (Å²) in [5.41, 5.74) is 0.0520. The molecule has 2 fully saturated rings. The fourth-order valence-electron chi connectivity index (χ4n) is 2.24. The Hall–Kier alpha value is -0.360. The van der Waals surface area contributed by atoms with E-state index in [1.54, 1.807) is 0 Å². The van der Waals surface area contributed by atoms with Crippen molar-refractivity contribution in [1.29, 1.82) is 0 Å². The number of nitrogens with zero attached hydrogens (tertiary/aromatic N) is 2. The molecule has 2 aliphatic heterocycles. The molecule has 0 radical (unpaired) electrons. The fourth-order valence-corrected chi connectivity index (χ4v) is 2.24. The Morgan fingerprint density at radius 1 is 1.17 bits per heavy atom. The molecule has 104 valence electrons. The van der Waals surface area contributed by atoms with Crippen LogP contribution in [-0.4, -0.2) is 36.5 Å². The molecule has 0 saturated carbocycles. The van der Waals surface area contributed by atoms with Gasteiger partial charge in [0.2, 0.25) is 11.8 Å². The second-order valence-electron chi connectivity index (χ2n) is 5.00. The van der Waals surface area contributed by atoms with Gasteiger partial charge >= 0.3 is 0 Å². The van der Waals surface area contributed by atoms with E-state index in [2.05, 4.69) is 22.4 Å². The van der Waals surface area contributed by atoms with Crippen LogP contribution in [0.5, 0.6) is 0 Å². The predicted octanol–water partition coefficient (Wildman–Crippen LogP) is 1.67. The minimum Gasteiger partial charge on any atom is -0.424 e. The number of halogens is 2. The van der Waals surface area contributed by atoms with E-state index in [9.17, 15) is 0 Å². The van der Waals surface area contributed by atoms with Crippen molar-refractivity contribution in [3.63, 3.8) is 0 Å². The van der Waals surface area contributed by atoms with Crippen molar-refractivity contribution in [1.82, 2.24) is 15.5 Å². The molecule has 0 amide bonds. The molecule has 2 saturated heterocycles. The first-order valence-electron chi connectivity index (χ1n) is 5.90. The van der Waals surface area contributed by atoms with E-state index in [0.29, 0.717) is 5.92 Å². The first-order valence-corrected chi connectivity index (χ1v) is 5.90. The summed E-state index contributed by atoms with van der Waals surface area (Å²) in [5.74, 6) is 1.98. The molecule has 0 spiro atoms. The molecule has 0 unspecified atom stereocenters. The SMILES string of the molecule is CC1(c2nnc(C3CCOCC3)o2)CNC1.Cl.Cl. The van der Waals surface area contributed by atoms with Crippen LogP contribution in [0.4, 0.5) is 0 Å². The topological polar surface area (TPSA) is 60.2 Å². The van der Waals surface area contributed by atoms with Crippen LogP contribution in [0.15, 0.2) is 4.42 Å². The van der Waals surface area contributed by atoms with E-state index in [4.69, 9.17) is 9.15 Å². The van der Waals surface area contributed by atoms with Crippen molar-refractivity contribution in [2.45, 2.75) is 31.1 Å². The number of rotatable bonds is 2. The summed E-state index contributed by atoms with van der Waals surface area (Å²) in [6.45, 7) is 5.64. The van der Waals surface area contributed by atoms with Crippen LogP contribution >= 0.6 is 24.8 Å². The lowest BCUT2D eigenvalue weighted by molar-refractivity contribution is 0.0784. The molecule has 0 bridgehead atoms. The molecule has 0 aliphatic carbocycles. The van der Waals surface area contributed by atoms with Gasteiger partial charge in [-0.3, -0.25) is 0 Å². The quantitative estimate of drug-likeness (QED) is 0.899. The van der Waals surface area contributed by atoms with E-state index >= 15 is 0 Å². The summed E-state index contributed by atoms with van der Waals surface area (Å²) in [7, 11) is 0. The van der Waals surface area contributed by atoms with E-state index in [-0.39, 0.29) is 30.2 Å². The molecule has 3 rings (SSSR count). The summed E-state index contributed by atoms with van der Waals surface area (Å²) < 4.78 is 11.1. The molecule has 18 heavy (non-hydrogen) atoms. The van der Waals surface area contributed by atoms with Crippen LogP contribution in [0, 0.1) is 0 Å². The Morgan fingerprint density at radius 3 is 2.39 bits per heavy atom. The highest BCUT2D eigenvalue weighted by molar-refractivity contribution is 5.85. The smallest absolute Gasteiger partial charge is 0.224 e. The van der Waals surface area contributed by atoms with Gasteiger partial charge < -0.3 is 14.5 Å². The number of nitrogens with one attached hydrogen (secondary N) is 1. The highest BCUT2D eigenvalue weighted by Gasteiger charge is 2.39. The first kappa shape index (κ1) is 15.7. The molecule has 1 aromatic heterocycles. The molecule has 3 heterocycles. The fraction of sp³-hybridized carbons (Fsp3) is 0.818.